The van der Waals surface area contributed by atoms with Gasteiger partial charge in [-0.2, -0.15) is 39.5 Å². The van der Waals surface area contributed by atoms with Crippen molar-refractivity contribution in [2.45, 2.75) is 75.4 Å². The molecular weight excluding hydrogens is 329 g/mol. The second-order valence-corrected chi connectivity index (χ2v) is 5.08. The molecule has 0 saturated heterocycles. The summed E-state index contributed by atoms with van der Waals surface area (Å²) in [7, 11) is 0. The number of halogens is 9. The van der Waals surface area contributed by atoms with E-state index in [9.17, 15) is 39.5 Å². The van der Waals surface area contributed by atoms with Crippen LogP contribution in [0.15, 0.2) is 0 Å². The topological polar surface area (TPSA) is 26.0 Å². The van der Waals surface area contributed by atoms with Gasteiger partial charge in [-0.15, -0.1) is 0 Å². The molecule has 0 rings (SSSR count). The summed E-state index contributed by atoms with van der Waals surface area (Å²) in [6.45, 7) is 1.86. The lowest BCUT2D eigenvalue weighted by Crippen LogP contribution is -2.65. The van der Waals surface area contributed by atoms with E-state index in [-0.39, 0.29) is 6.42 Å². The summed E-state index contributed by atoms with van der Waals surface area (Å²) < 4.78 is 114. The Labute approximate surface area is 122 Å². The summed E-state index contributed by atoms with van der Waals surface area (Å²) in [5.41, 5.74) is 4.76. The molecule has 0 amide bonds. The van der Waals surface area contributed by atoms with Crippen LogP contribution in [0.25, 0.3) is 0 Å². The monoisotopic (exact) mass is 347 g/mol. The van der Waals surface area contributed by atoms with Gasteiger partial charge >= 0.3 is 23.9 Å². The molecule has 0 saturated carbocycles. The van der Waals surface area contributed by atoms with Crippen molar-refractivity contribution in [1.29, 1.82) is 0 Å². The number of alkyl halides is 9. The average Bonchev–Trinajstić information content (AvgIpc) is 2.36. The van der Waals surface area contributed by atoms with E-state index in [0.717, 1.165) is 12.8 Å². The molecule has 1 unspecified atom stereocenters. The van der Waals surface area contributed by atoms with Gasteiger partial charge < -0.3 is 5.73 Å². The van der Waals surface area contributed by atoms with E-state index in [1.54, 1.807) is 0 Å². The lowest BCUT2D eigenvalue weighted by Gasteiger charge is -2.36. The summed E-state index contributed by atoms with van der Waals surface area (Å²) in [5, 5.41) is 0. The predicted octanol–water partition coefficient (Wildman–Crippen LogP) is 5.14. The van der Waals surface area contributed by atoms with Gasteiger partial charge in [0.2, 0.25) is 0 Å². The van der Waals surface area contributed by atoms with Crippen molar-refractivity contribution >= 4 is 0 Å². The molecule has 0 radical (unpaired) electrons. The molecule has 0 aliphatic rings. The van der Waals surface area contributed by atoms with Gasteiger partial charge in [-0.3, -0.25) is 0 Å². The van der Waals surface area contributed by atoms with E-state index in [4.69, 9.17) is 5.73 Å². The first-order valence-electron chi connectivity index (χ1n) is 6.69. The fourth-order valence-corrected chi connectivity index (χ4v) is 1.77. The minimum Gasteiger partial charge on any atom is -0.322 e. The van der Waals surface area contributed by atoms with E-state index in [1.165, 1.54) is 0 Å². The smallest absolute Gasteiger partial charge is 0.322 e. The number of hydrogen-bond donors (Lipinski definition) is 1. The molecule has 0 aromatic carbocycles. The normalized spacial score (nSPS) is 16.0. The summed E-state index contributed by atoms with van der Waals surface area (Å²) >= 11 is 0. The van der Waals surface area contributed by atoms with Crippen LogP contribution in [0.5, 0.6) is 0 Å². The Kier molecular flexibility index (Phi) is 7.05. The first kappa shape index (κ1) is 21.3. The van der Waals surface area contributed by atoms with Crippen molar-refractivity contribution in [3.05, 3.63) is 0 Å². The number of nitrogens with two attached hydrogens (primary N) is 1. The Balaban J connectivity index is 4.95. The Hall–Kier alpha value is -0.670. The summed E-state index contributed by atoms with van der Waals surface area (Å²) in [4.78, 5) is 0. The highest BCUT2D eigenvalue weighted by Gasteiger charge is 2.82. The first-order valence-corrected chi connectivity index (χ1v) is 6.69. The Morgan fingerprint density at radius 2 is 1.18 bits per heavy atom. The van der Waals surface area contributed by atoms with Crippen LogP contribution in [-0.2, 0) is 0 Å². The highest BCUT2D eigenvalue weighted by atomic mass is 19.4. The van der Waals surface area contributed by atoms with Crippen LogP contribution in [0.2, 0.25) is 0 Å². The first-order chi connectivity index (χ1) is 9.73. The number of hydrogen-bond acceptors (Lipinski definition) is 1. The van der Waals surface area contributed by atoms with Gasteiger partial charge in [0.25, 0.3) is 0 Å². The maximum atomic E-state index is 13.3. The van der Waals surface area contributed by atoms with Gasteiger partial charge in [-0.1, -0.05) is 39.0 Å². The molecule has 1 nitrogen and oxygen atoms in total. The highest BCUT2D eigenvalue weighted by Crippen LogP contribution is 2.54. The van der Waals surface area contributed by atoms with E-state index in [0.29, 0.717) is 12.8 Å². The standard InChI is InChI=1S/C12H18F9N/c1-2-3-4-5-6-7-8(22)9(13,14)10(15,16)11(17,18)12(19,20)21/h8H,2-7,22H2,1H3. The zero-order chi connectivity index (χ0) is 17.8. The van der Waals surface area contributed by atoms with Crippen molar-refractivity contribution < 1.29 is 39.5 Å². The molecule has 134 valence electrons. The summed E-state index contributed by atoms with van der Waals surface area (Å²) in [5.74, 6) is -19.2. The quantitative estimate of drug-likeness (QED) is 0.453. The van der Waals surface area contributed by atoms with Gasteiger partial charge in [-0.25, -0.2) is 0 Å². The minimum atomic E-state index is -6.87. The van der Waals surface area contributed by atoms with E-state index < -0.39 is 36.4 Å². The maximum Gasteiger partial charge on any atom is 0.460 e. The average molecular weight is 347 g/mol. The molecule has 10 heteroatoms. The van der Waals surface area contributed by atoms with E-state index in [2.05, 4.69) is 0 Å². The van der Waals surface area contributed by atoms with Crippen molar-refractivity contribution in [2.24, 2.45) is 5.73 Å². The number of rotatable bonds is 9. The van der Waals surface area contributed by atoms with Crippen LogP contribution in [0.4, 0.5) is 39.5 Å². The maximum absolute atomic E-state index is 13.3. The van der Waals surface area contributed by atoms with Gasteiger partial charge in [0, 0.05) is 0 Å². The lowest BCUT2D eigenvalue weighted by atomic mass is 9.94. The lowest BCUT2D eigenvalue weighted by molar-refractivity contribution is -0.398. The number of unbranched alkanes of at least 4 members (excludes halogenated alkanes) is 4. The predicted molar refractivity (Wildman–Crippen MR) is 62.2 cm³/mol. The summed E-state index contributed by atoms with van der Waals surface area (Å²) in [6.07, 6.45) is -5.12. The molecule has 0 aliphatic heterocycles. The highest BCUT2D eigenvalue weighted by molar-refractivity contribution is 5.04. The third-order valence-corrected chi connectivity index (χ3v) is 3.25. The third kappa shape index (κ3) is 4.20. The van der Waals surface area contributed by atoms with Crippen molar-refractivity contribution in [2.75, 3.05) is 0 Å². The van der Waals surface area contributed by atoms with Gasteiger partial charge in [0.15, 0.2) is 0 Å². The molecule has 0 aliphatic carbocycles. The Morgan fingerprint density at radius 3 is 1.59 bits per heavy atom. The zero-order valence-electron chi connectivity index (χ0n) is 11.8. The fourth-order valence-electron chi connectivity index (χ4n) is 1.77. The largest absolute Gasteiger partial charge is 0.460 e. The van der Waals surface area contributed by atoms with Crippen LogP contribution in [-0.4, -0.2) is 30.0 Å². The minimum absolute atomic E-state index is 0.0651. The van der Waals surface area contributed by atoms with E-state index in [1.807, 2.05) is 6.92 Å². The van der Waals surface area contributed by atoms with Crippen LogP contribution in [0, 0.1) is 0 Å². The van der Waals surface area contributed by atoms with Gasteiger partial charge in [0.05, 0.1) is 6.04 Å². The molecule has 0 fully saturated rings. The third-order valence-electron chi connectivity index (χ3n) is 3.25. The second-order valence-electron chi connectivity index (χ2n) is 5.08. The molecule has 1 atom stereocenters. The zero-order valence-corrected chi connectivity index (χ0v) is 11.8. The van der Waals surface area contributed by atoms with Gasteiger partial charge in [0.1, 0.15) is 0 Å². The molecule has 2 N–H and O–H groups in total. The fraction of sp³-hybridized carbons (Fsp3) is 1.00. The molecule has 0 aromatic rings. The van der Waals surface area contributed by atoms with Crippen molar-refractivity contribution in [3.63, 3.8) is 0 Å². The second kappa shape index (κ2) is 7.27. The van der Waals surface area contributed by atoms with Crippen LogP contribution in [0.1, 0.15) is 45.4 Å². The SMILES string of the molecule is CCCCCCCC(N)C(F)(F)C(F)(F)C(F)(F)C(F)(F)F. The summed E-state index contributed by atoms with van der Waals surface area (Å²) in [6, 6.07) is -2.79. The van der Waals surface area contributed by atoms with E-state index >= 15 is 0 Å². The molecule has 0 spiro atoms. The van der Waals surface area contributed by atoms with Crippen LogP contribution < -0.4 is 5.73 Å². The Morgan fingerprint density at radius 1 is 0.727 bits per heavy atom. The van der Waals surface area contributed by atoms with Crippen LogP contribution >= 0.6 is 0 Å². The van der Waals surface area contributed by atoms with Crippen molar-refractivity contribution in [1.82, 2.24) is 0 Å². The molecule has 0 bridgehead atoms. The van der Waals surface area contributed by atoms with Crippen molar-refractivity contribution in [3.8, 4) is 0 Å². The molecule has 22 heavy (non-hydrogen) atoms. The molecule has 0 aromatic heterocycles. The Bertz CT molecular complexity index is 338. The molecule has 0 heterocycles. The van der Waals surface area contributed by atoms with Gasteiger partial charge in [-0.05, 0) is 6.42 Å². The van der Waals surface area contributed by atoms with Crippen LogP contribution in [0.3, 0.4) is 0 Å². The molecular formula is C12H18F9N.